The summed E-state index contributed by atoms with van der Waals surface area (Å²) in [4.78, 5) is 21.7. The number of aromatic nitrogens is 3. The predicted octanol–water partition coefficient (Wildman–Crippen LogP) is 3.00. The number of rotatable bonds is 7. The van der Waals surface area contributed by atoms with Crippen LogP contribution in [0.1, 0.15) is 24.8 Å². The van der Waals surface area contributed by atoms with Crippen LogP contribution in [0.3, 0.4) is 0 Å². The molecule has 34 heavy (non-hydrogen) atoms. The number of aryl methyl sites for hydroxylation is 1. The Bertz CT molecular complexity index is 1370. The summed E-state index contributed by atoms with van der Waals surface area (Å²) in [6, 6.07) is 7.85. The number of halogens is 1. The third-order valence-electron chi connectivity index (χ3n) is 6.28. The molecule has 0 amide bonds. The Hall–Kier alpha value is -3.37. The number of β-amino-alcohol motifs (C(OH)–C–C–N with tert-alkyl or cyclic N) is 1. The van der Waals surface area contributed by atoms with Crippen LogP contribution in [-0.2, 0) is 0 Å². The lowest BCUT2D eigenvalue weighted by molar-refractivity contribution is 0.0562. The summed E-state index contributed by atoms with van der Waals surface area (Å²) >= 11 is 0. The Balaban J connectivity index is 1.19. The Labute approximate surface area is 194 Å². The lowest BCUT2D eigenvalue weighted by Gasteiger charge is -2.33. The molecule has 1 atom stereocenters. The van der Waals surface area contributed by atoms with Crippen LogP contribution < -0.4 is 15.2 Å². The Kier molecular flexibility index (Phi) is 6.01. The molecule has 1 aliphatic heterocycles. The van der Waals surface area contributed by atoms with Crippen molar-refractivity contribution in [1.82, 2.24) is 19.4 Å². The van der Waals surface area contributed by atoms with Gasteiger partial charge in [-0.25, -0.2) is 14.2 Å². The van der Waals surface area contributed by atoms with E-state index < -0.39 is 6.10 Å². The number of methoxy groups -OCH3 is 1. The smallest absolute Gasteiger partial charge is 0.326 e. The highest BCUT2D eigenvalue weighted by molar-refractivity contribution is 5.81. The Morgan fingerprint density at radius 3 is 2.85 bits per heavy atom. The van der Waals surface area contributed by atoms with Gasteiger partial charge in [0.2, 0.25) is 0 Å². The molecule has 5 rings (SSSR count). The fraction of sp³-hybridized carbons (Fsp3) is 0.417. The van der Waals surface area contributed by atoms with Crippen molar-refractivity contribution >= 4 is 22.1 Å². The third-order valence-corrected chi connectivity index (χ3v) is 6.28. The molecule has 4 aromatic rings. The van der Waals surface area contributed by atoms with Gasteiger partial charge in [-0.2, -0.15) is 0 Å². The minimum atomic E-state index is -0.704. The molecule has 0 saturated carbocycles. The second-order valence-corrected chi connectivity index (χ2v) is 8.66. The van der Waals surface area contributed by atoms with Crippen LogP contribution in [-0.4, -0.2) is 64.0 Å². The van der Waals surface area contributed by atoms with Gasteiger partial charge in [0.1, 0.15) is 24.3 Å². The molecular weight excluding hydrogens is 443 g/mol. The van der Waals surface area contributed by atoms with Gasteiger partial charge in [-0.1, -0.05) is 0 Å². The zero-order valence-corrected chi connectivity index (χ0v) is 19.1. The van der Waals surface area contributed by atoms with Crippen molar-refractivity contribution in [3.05, 3.63) is 52.5 Å². The van der Waals surface area contributed by atoms with Crippen molar-refractivity contribution in [2.75, 3.05) is 33.4 Å². The van der Waals surface area contributed by atoms with Crippen molar-refractivity contribution in [1.29, 1.82) is 0 Å². The number of benzene rings is 2. The summed E-state index contributed by atoms with van der Waals surface area (Å²) in [5.74, 6) is 1.24. The van der Waals surface area contributed by atoms with Gasteiger partial charge in [0, 0.05) is 44.7 Å². The maximum atomic E-state index is 13.5. The third kappa shape index (κ3) is 4.38. The van der Waals surface area contributed by atoms with Crippen LogP contribution in [0.4, 0.5) is 4.39 Å². The number of fused-ring (bicyclic) bond motifs is 2. The summed E-state index contributed by atoms with van der Waals surface area (Å²) in [6.45, 7) is 3.77. The van der Waals surface area contributed by atoms with E-state index in [0.29, 0.717) is 46.1 Å². The molecule has 9 nitrogen and oxygen atoms in total. The fourth-order valence-electron chi connectivity index (χ4n) is 4.68. The summed E-state index contributed by atoms with van der Waals surface area (Å²) < 4.78 is 32.0. The molecule has 0 bridgehead atoms. The average molecular weight is 471 g/mol. The van der Waals surface area contributed by atoms with E-state index in [-0.39, 0.29) is 24.2 Å². The number of likely N-dealkylation sites (tertiary alicyclic amines) is 1. The van der Waals surface area contributed by atoms with E-state index >= 15 is 0 Å². The van der Waals surface area contributed by atoms with Crippen molar-refractivity contribution < 1.29 is 23.4 Å². The molecule has 1 aliphatic rings. The molecular formula is C24H27FN4O5. The molecule has 2 N–H and O–H groups in total. The Morgan fingerprint density at radius 2 is 2.09 bits per heavy atom. The number of H-pyrrole nitrogens is 1. The van der Waals surface area contributed by atoms with Crippen molar-refractivity contribution in [2.45, 2.75) is 31.9 Å². The number of imidazole rings is 1. The monoisotopic (exact) mass is 470 g/mol. The summed E-state index contributed by atoms with van der Waals surface area (Å²) in [6.07, 6.45) is 0.809. The summed E-state index contributed by atoms with van der Waals surface area (Å²) in [5.41, 5.74) is 2.16. The van der Waals surface area contributed by atoms with Crippen molar-refractivity contribution in [2.24, 2.45) is 0 Å². The molecule has 0 aliphatic carbocycles. The second kappa shape index (κ2) is 9.11. The topological polar surface area (TPSA) is 106 Å². The number of hydrogen-bond acceptors (Lipinski definition) is 7. The number of nitrogens with zero attached hydrogens (tertiary/aromatic N) is 3. The van der Waals surface area contributed by atoms with Crippen molar-refractivity contribution in [3.8, 4) is 11.5 Å². The van der Waals surface area contributed by atoms with E-state index in [1.807, 2.05) is 0 Å². The number of aliphatic hydroxyl groups is 1. The predicted molar refractivity (Wildman–Crippen MR) is 124 cm³/mol. The average Bonchev–Trinajstić information content (AvgIpc) is 3.35. The number of oxazole rings is 1. The number of aromatic amines is 1. The van der Waals surface area contributed by atoms with Crippen LogP contribution in [0.15, 0.2) is 39.5 Å². The van der Waals surface area contributed by atoms with Gasteiger partial charge in [0.15, 0.2) is 22.7 Å². The fourth-order valence-corrected chi connectivity index (χ4v) is 4.68. The van der Waals surface area contributed by atoms with Crippen LogP contribution in [0.2, 0.25) is 0 Å². The lowest BCUT2D eigenvalue weighted by atomic mass is 10.0. The van der Waals surface area contributed by atoms with Gasteiger partial charge >= 0.3 is 5.69 Å². The van der Waals surface area contributed by atoms with Gasteiger partial charge in [-0.3, -0.25) is 4.57 Å². The summed E-state index contributed by atoms with van der Waals surface area (Å²) in [5, 5.41) is 10.6. The number of ether oxygens (including phenoxy) is 2. The van der Waals surface area contributed by atoms with Gasteiger partial charge in [-0.05, 0) is 31.0 Å². The van der Waals surface area contributed by atoms with Crippen LogP contribution in [0, 0.1) is 12.7 Å². The van der Waals surface area contributed by atoms with Gasteiger partial charge < -0.3 is 28.9 Å². The molecule has 0 unspecified atom stereocenters. The molecule has 10 heteroatoms. The van der Waals surface area contributed by atoms with E-state index in [9.17, 15) is 14.3 Å². The minimum absolute atomic E-state index is 0.0248. The first-order chi connectivity index (χ1) is 16.4. The standard InChI is InChI=1S/C24H27FN4O5/c1-14-26-23-21(10-18(32-2)11-22(23)34-14)33-13-17(30)12-28-7-5-16(6-8-28)29-20-4-3-15(25)9-19(20)27-24(29)31/h3-4,9-11,16-17,30H,5-8,12-13H2,1-2H3,(H,27,31)/t17-/m1/s1. The first-order valence-corrected chi connectivity index (χ1v) is 11.3. The van der Waals surface area contributed by atoms with Gasteiger partial charge in [-0.15, -0.1) is 0 Å². The van der Waals surface area contributed by atoms with E-state index in [4.69, 9.17) is 13.9 Å². The molecule has 0 radical (unpaired) electrons. The largest absolute Gasteiger partial charge is 0.496 e. The zero-order chi connectivity index (χ0) is 23.8. The quantitative estimate of drug-likeness (QED) is 0.428. The van der Waals surface area contributed by atoms with Crippen LogP contribution >= 0.6 is 0 Å². The van der Waals surface area contributed by atoms with Crippen LogP contribution in [0.5, 0.6) is 11.5 Å². The lowest BCUT2D eigenvalue weighted by Crippen LogP contribution is -2.42. The highest BCUT2D eigenvalue weighted by atomic mass is 19.1. The summed E-state index contributed by atoms with van der Waals surface area (Å²) in [7, 11) is 1.56. The first kappa shape index (κ1) is 22.4. The molecule has 180 valence electrons. The SMILES string of the molecule is COc1cc(OC[C@H](O)CN2CCC(n3c(=O)[nH]c4cc(F)ccc43)CC2)c2nc(C)oc2c1. The normalized spacial score (nSPS) is 16.4. The highest BCUT2D eigenvalue weighted by Gasteiger charge is 2.25. The molecule has 1 fully saturated rings. The molecule has 2 aromatic heterocycles. The maximum Gasteiger partial charge on any atom is 0.326 e. The zero-order valence-electron chi connectivity index (χ0n) is 19.1. The highest BCUT2D eigenvalue weighted by Crippen LogP contribution is 2.31. The van der Waals surface area contributed by atoms with E-state index in [0.717, 1.165) is 25.9 Å². The maximum absolute atomic E-state index is 13.5. The molecule has 1 saturated heterocycles. The van der Waals surface area contributed by atoms with Gasteiger partial charge in [0.05, 0.1) is 18.1 Å². The number of piperidine rings is 1. The number of hydrogen-bond donors (Lipinski definition) is 2. The second-order valence-electron chi connectivity index (χ2n) is 8.66. The van der Waals surface area contributed by atoms with E-state index in [2.05, 4.69) is 14.9 Å². The van der Waals surface area contributed by atoms with E-state index in [1.165, 1.54) is 12.1 Å². The van der Waals surface area contributed by atoms with Gasteiger partial charge in [0.25, 0.3) is 0 Å². The van der Waals surface area contributed by atoms with Crippen LogP contribution in [0.25, 0.3) is 22.1 Å². The number of aliphatic hydroxyl groups excluding tert-OH is 1. The van der Waals surface area contributed by atoms with E-state index in [1.54, 1.807) is 36.8 Å². The minimum Gasteiger partial charge on any atom is -0.496 e. The Morgan fingerprint density at radius 1 is 1.29 bits per heavy atom. The molecule has 2 aromatic carbocycles. The first-order valence-electron chi connectivity index (χ1n) is 11.3. The number of nitrogens with one attached hydrogen (secondary N) is 1. The molecule has 3 heterocycles. The van der Waals surface area contributed by atoms with Crippen molar-refractivity contribution in [3.63, 3.8) is 0 Å². The molecule has 0 spiro atoms.